The van der Waals surface area contributed by atoms with Crippen LogP contribution in [0.15, 0.2) is 40.0 Å². The normalized spacial score (nSPS) is 15.4. The van der Waals surface area contributed by atoms with Gasteiger partial charge in [0.2, 0.25) is 10.0 Å². The van der Waals surface area contributed by atoms with Gasteiger partial charge in [0, 0.05) is 18.8 Å². The van der Waals surface area contributed by atoms with E-state index in [9.17, 15) is 17.6 Å². The highest BCUT2D eigenvalue weighted by Gasteiger charge is 2.38. The fraction of sp³-hybridized carbons (Fsp3) is 0.389. The molecule has 1 aromatic heterocycles. The predicted octanol–water partition coefficient (Wildman–Crippen LogP) is 1.68. The number of hydrogen-bond donors (Lipinski definition) is 0. The van der Waals surface area contributed by atoms with Crippen LogP contribution in [0, 0.1) is 12.7 Å². The average Bonchev–Trinajstić information content (AvgIpc) is 2.57. The third-order valence-electron chi connectivity index (χ3n) is 4.43. The fourth-order valence-electron chi connectivity index (χ4n) is 2.73. The molecule has 27 heavy (non-hydrogen) atoms. The molecule has 2 aromatic rings. The minimum absolute atomic E-state index is 0.0160. The molecule has 146 valence electrons. The lowest BCUT2D eigenvalue weighted by Crippen LogP contribution is -2.56. The predicted molar refractivity (Wildman–Crippen MR) is 97.2 cm³/mol. The molecule has 0 bridgehead atoms. The summed E-state index contributed by atoms with van der Waals surface area (Å²) < 4.78 is 52.6. The maximum Gasteiger partial charge on any atom is 0.254 e. The Morgan fingerprint density at radius 1 is 1.22 bits per heavy atom. The van der Waals surface area contributed by atoms with E-state index in [4.69, 9.17) is 9.47 Å². The summed E-state index contributed by atoms with van der Waals surface area (Å²) in [5.41, 5.74) is 0.546. The Bertz CT molecular complexity index is 1010. The highest BCUT2D eigenvalue weighted by atomic mass is 32.2. The summed E-state index contributed by atoms with van der Waals surface area (Å²) in [6.07, 6.45) is -0.362. The van der Waals surface area contributed by atoms with Gasteiger partial charge in [-0.15, -0.1) is 0 Å². The first kappa shape index (κ1) is 19.4. The maximum atomic E-state index is 14.0. The van der Waals surface area contributed by atoms with Gasteiger partial charge < -0.3 is 14.0 Å². The van der Waals surface area contributed by atoms with E-state index in [1.807, 2.05) is 0 Å². The lowest BCUT2D eigenvalue weighted by Gasteiger charge is -2.37. The molecule has 1 aromatic carbocycles. The van der Waals surface area contributed by atoms with Crippen LogP contribution in [0.1, 0.15) is 12.6 Å². The van der Waals surface area contributed by atoms with E-state index in [0.29, 0.717) is 5.75 Å². The SMILES string of the molecule is CCOc1ccc(S(=O)(=O)N2CC(Oc3cc(C)n(C)c(=O)c3)C2)cc1F. The molecule has 1 fully saturated rings. The number of aryl methyl sites for hydroxylation is 1. The summed E-state index contributed by atoms with van der Waals surface area (Å²) >= 11 is 0. The second-order valence-corrected chi connectivity index (χ2v) is 8.25. The molecule has 0 saturated carbocycles. The van der Waals surface area contributed by atoms with Crippen molar-refractivity contribution in [2.45, 2.75) is 24.8 Å². The molecular weight excluding hydrogens is 375 g/mol. The van der Waals surface area contributed by atoms with Crippen LogP contribution in [0.5, 0.6) is 11.5 Å². The van der Waals surface area contributed by atoms with E-state index in [2.05, 4.69) is 0 Å². The van der Waals surface area contributed by atoms with Gasteiger partial charge in [-0.2, -0.15) is 4.31 Å². The van der Waals surface area contributed by atoms with Crippen molar-refractivity contribution >= 4 is 10.0 Å². The van der Waals surface area contributed by atoms with Gasteiger partial charge >= 0.3 is 0 Å². The van der Waals surface area contributed by atoms with Crippen molar-refractivity contribution in [2.75, 3.05) is 19.7 Å². The number of pyridine rings is 1. The summed E-state index contributed by atoms with van der Waals surface area (Å²) in [4.78, 5) is 11.7. The number of hydrogen-bond acceptors (Lipinski definition) is 5. The summed E-state index contributed by atoms with van der Waals surface area (Å²) in [5, 5.41) is 0. The number of rotatable bonds is 6. The fourth-order valence-corrected chi connectivity index (χ4v) is 4.25. The van der Waals surface area contributed by atoms with Crippen LogP contribution in [0.25, 0.3) is 0 Å². The lowest BCUT2D eigenvalue weighted by atomic mass is 10.2. The molecule has 1 aliphatic rings. The summed E-state index contributed by atoms with van der Waals surface area (Å²) in [5.74, 6) is -0.297. The average molecular weight is 396 g/mol. The molecule has 1 aliphatic heterocycles. The molecule has 0 radical (unpaired) electrons. The van der Waals surface area contributed by atoms with Crippen molar-refractivity contribution in [1.29, 1.82) is 0 Å². The van der Waals surface area contributed by atoms with Gasteiger partial charge in [0.25, 0.3) is 5.56 Å². The minimum atomic E-state index is -3.81. The Kier molecular flexibility index (Phi) is 5.25. The van der Waals surface area contributed by atoms with Crippen LogP contribution < -0.4 is 15.0 Å². The maximum absolute atomic E-state index is 14.0. The quantitative estimate of drug-likeness (QED) is 0.743. The molecule has 0 aliphatic carbocycles. The first-order valence-electron chi connectivity index (χ1n) is 8.49. The van der Waals surface area contributed by atoms with Gasteiger partial charge in [0.1, 0.15) is 11.9 Å². The van der Waals surface area contributed by atoms with Gasteiger partial charge in [-0.25, -0.2) is 12.8 Å². The molecular formula is C18H21FN2O5S. The van der Waals surface area contributed by atoms with Crippen LogP contribution >= 0.6 is 0 Å². The van der Waals surface area contributed by atoms with E-state index in [1.54, 1.807) is 27.0 Å². The summed E-state index contributed by atoms with van der Waals surface area (Å²) in [6.45, 7) is 4.05. The highest BCUT2D eigenvalue weighted by Crippen LogP contribution is 2.27. The summed E-state index contributed by atoms with van der Waals surface area (Å²) in [7, 11) is -2.15. The number of halogens is 1. The van der Waals surface area contributed by atoms with Gasteiger partial charge in [-0.05, 0) is 38.1 Å². The van der Waals surface area contributed by atoms with E-state index >= 15 is 0 Å². The van der Waals surface area contributed by atoms with Gasteiger partial charge in [-0.1, -0.05) is 0 Å². The molecule has 0 amide bonds. The molecule has 2 heterocycles. The summed E-state index contributed by atoms with van der Waals surface area (Å²) in [6, 6.07) is 6.68. The van der Waals surface area contributed by atoms with E-state index < -0.39 is 15.8 Å². The molecule has 3 rings (SSSR count). The van der Waals surface area contributed by atoms with Crippen LogP contribution in [-0.2, 0) is 17.1 Å². The number of benzene rings is 1. The Labute approximate surface area is 157 Å². The first-order valence-corrected chi connectivity index (χ1v) is 9.93. The van der Waals surface area contributed by atoms with Gasteiger partial charge in [0.15, 0.2) is 11.6 Å². The van der Waals surface area contributed by atoms with Gasteiger partial charge in [0.05, 0.1) is 24.6 Å². The zero-order valence-electron chi connectivity index (χ0n) is 15.3. The molecule has 0 spiro atoms. The Morgan fingerprint density at radius 3 is 2.52 bits per heavy atom. The van der Waals surface area contributed by atoms with Crippen LogP contribution in [0.3, 0.4) is 0 Å². The first-order chi connectivity index (χ1) is 12.7. The second kappa shape index (κ2) is 7.32. The third-order valence-corrected chi connectivity index (χ3v) is 6.26. The Morgan fingerprint density at radius 2 is 1.93 bits per heavy atom. The Hall–Kier alpha value is -2.39. The highest BCUT2D eigenvalue weighted by molar-refractivity contribution is 7.89. The zero-order chi connectivity index (χ0) is 19.8. The van der Waals surface area contributed by atoms with E-state index in [1.165, 1.54) is 27.1 Å². The molecule has 0 atom stereocenters. The smallest absolute Gasteiger partial charge is 0.254 e. The molecule has 0 N–H and O–H groups in total. The topological polar surface area (TPSA) is 77.8 Å². The number of sulfonamides is 1. The molecule has 7 nitrogen and oxygen atoms in total. The zero-order valence-corrected chi connectivity index (χ0v) is 16.1. The van der Waals surface area contributed by atoms with Crippen molar-refractivity contribution in [1.82, 2.24) is 8.87 Å². The largest absolute Gasteiger partial charge is 0.491 e. The van der Waals surface area contributed by atoms with Crippen molar-refractivity contribution < 1.29 is 22.3 Å². The van der Waals surface area contributed by atoms with E-state index in [0.717, 1.165) is 11.8 Å². The molecule has 0 unspecified atom stereocenters. The number of nitrogens with zero attached hydrogens (tertiary/aromatic N) is 2. The van der Waals surface area contributed by atoms with Gasteiger partial charge in [-0.3, -0.25) is 4.79 Å². The second-order valence-electron chi connectivity index (χ2n) is 6.32. The van der Waals surface area contributed by atoms with Crippen molar-refractivity contribution in [3.63, 3.8) is 0 Å². The molecule has 9 heteroatoms. The number of aromatic nitrogens is 1. The monoisotopic (exact) mass is 396 g/mol. The molecule has 1 saturated heterocycles. The standard InChI is InChI=1S/C18H21FN2O5S/c1-4-25-17-6-5-15(9-16(17)19)27(23,24)21-10-14(11-21)26-13-7-12(2)20(3)18(22)8-13/h5-9,14H,4,10-11H2,1-3H3. The Balaban J connectivity index is 1.68. The minimum Gasteiger partial charge on any atom is -0.491 e. The number of ether oxygens (including phenoxy) is 2. The van der Waals surface area contributed by atoms with Crippen LogP contribution in [-0.4, -0.2) is 43.1 Å². The third kappa shape index (κ3) is 3.84. The van der Waals surface area contributed by atoms with Crippen molar-refractivity contribution in [3.05, 3.63) is 52.2 Å². The van der Waals surface area contributed by atoms with Crippen molar-refractivity contribution in [2.24, 2.45) is 7.05 Å². The van der Waals surface area contributed by atoms with Crippen molar-refractivity contribution in [3.8, 4) is 11.5 Å². The van der Waals surface area contributed by atoms with Crippen LogP contribution in [0.4, 0.5) is 4.39 Å². The van der Waals surface area contributed by atoms with Crippen LogP contribution in [0.2, 0.25) is 0 Å². The van der Waals surface area contributed by atoms with E-state index in [-0.39, 0.29) is 42.0 Å². The lowest BCUT2D eigenvalue weighted by molar-refractivity contribution is 0.0759.